The highest BCUT2D eigenvalue weighted by molar-refractivity contribution is 9.10. The molecule has 1 unspecified atom stereocenters. The van der Waals surface area contributed by atoms with Crippen molar-refractivity contribution in [1.29, 1.82) is 0 Å². The van der Waals surface area contributed by atoms with Crippen LogP contribution in [-0.2, 0) is 0 Å². The summed E-state index contributed by atoms with van der Waals surface area (Å²) in [5.74, 6) is -1.07. The Kier molecular flexibility index (Phi) is 4.92. The number of benzene rings is 1. The number of hydrogen-bond acceptors (Lipinski definition) is 2. The normalized spacial score (nSPS) is 24.1. The molecule has 0 bridgehead atoms. The lowest BCUT2D eigenvalue weighted by Gasteiger charge is -2.31. The first-order chi connectivity index (χ1) is 8.99. The Morgan fingerprint density at radius 3 is 2.74 bits per heavy atom. The third kappa shape index (κ3) is 3.52. The van der Waals surface area contributed by atoms with Crippen LogP contribution < -0.4 is 5.32 Å². The second-order valence-electron chi connectivity index (χ2n) is 5.21. The minimum Gasteiger partial charge on any atom is -0.393 e. The van der Waals surface area contributed by atoms with Gasteiger partial charge in [-0.2, -0.15) is 0 Å². The Morgan fingerprint density at radius 2 is 2.11 bits per heavy atom. The minimum atomic E-state index is -0.825. The summed E-state index contributed by atoms with van der Waals surface area (Å²) in [6.07, 6.45) is 2.52. The van der Waals surface area contributed by atoms with Gasteiger partial charge in [0.05, 0.1) is 6.10 Å². The van der Waals surface area contributed by atoms with Crippen molar-refractivity contribution >= 4 is 15.9 Å². The summed E-state index contributed by atoms with van der Waals surface area (Å²) in [5, 5.41) is 12.4. The molecule has 106 valence electrons. The summed E-state index contributed by atoms with van der Waals surface area (Å²) in [6.45, 7) is 2.55. The molecule has 1 atom stereocenters. The van der Waals surface area contributed by atoms with Crippen LogP contribution in [-0.4, -0.2) is 17.8 Å². The maximum atomic E-state index is 13.7. The van der Waals surface area contributed by atoms with E-state index in [2.05, 4.69) is 21.2 Å². The smallest absolute Gasteiger partial charge is 0.164 e. The molecule has 5 heteroatoms. The van der Waals surface area contributed by atoms with Crippen LogP contribution in [0.1, 0.15) is 37.8 Å². The summed E-state index contributed by atoms with van der Waals surface area (Å²) < 4.78 is 27.5. The Balaban J connectivity index is 1.89. The number of nitrogens with one attached hydrogen (secondary N) is 1. The van der Waals surface area contributed by atoms with Gasteiger partial charge in [-0.1, -0.05) is 15.9 Å². The predicted octanol–water partition coefficient (Wildman–Crippen LogP) is 3.54. The molecule has 0 spiro atoms. The van der Waals surface area contributed by atoms with Crippen LogP contribution in [0.15, 0.2) is 16.6 Å². The fourth-order valence-electron chi connectivity index (χ4n) is 2.48. The third-order valence-electron chi connectivity index (χ3n) is 3.73. The van der Waals surface area contributed by atoms with Crippen molar-refractivity contribution in [2.24, 2.45) is 5.92 Å². The van der Waals surface area contributed by atoms with E-state index in [0.29, 0.717) is 16.0 Å². The van der Waals surface area contributed by atoms with Gasteiger partial charge in [0.1, 0.15) is 0 Å². The van der Waals surface area contributed by atoms with Gasteiger partial charge in [0.15, 0.2) is 11.6 Å². The monoisotopic (exact) mass is 333 g/mol. The lowest BCUT2D eigenvalue weighted by molar-refractivity contribution is 0.0391. The van der Waals surface area contributed by atoms with Gasteiger partial charge < -0.3 is 10.4 Å². The summed E-state index contributed by atoms with van der Waals surface area (Å²) in [4.78, 5) is 0. The maximum Gasteiger partial charge on any atom is 0.164 e. The van der Waals surface area contributed by atoms with Crippen molar-refractivity contribution < 1.29 is 13.9 Å². The van der Waals surface area contributed by atoms with Gasteiger partial charge >= 0.3 is 0 Å². The molecule has 0 saturated heterocycles. The maximum absolute atomic E-state index is 13.7. The molecule has 1 aromatic carbocycles. The molecular formula is C14H18BrF2NO. The zero-order chi connectivity index (χ0) is 14.0. The third-order valence-corrected chi connectivity index (χ3v) is 4.42. The predicted molar refractivity (Wildman–Crippen MR) is 73.8 cm³/mol. The van der Waals surface area contributed by atoms with Crippen molar-refractivity contribution in [3.8, 4) is 0 Å². The first-order valence-electron chi connectivity index (χ1n) is 6.54. The van der Waals surface area contributed by atoms with E-state index in [4.69, 9.17) is 0 Å². The largest absolute Gasteiger partial charge is 0.393 e. The van der Waals surface area contributed by atoms with E-state index < -0.39 is 11.6 Å². The number of halogens is 3. The SMILES string of the molecule is CC(NCCC1CC(O)C1)c1c(Br)ccc(F)c1F. The van der Waals surface area contributed by atoms with Gasteiger partial charge in [0.2, 0.25) is 0 Å². The first kappa shape index (κ1) is 14.9. The quantitative estimate of drug-likeness (QED) is 0.808. The van der Waals surface area contributed by atoms with E-state index >= 15 is 0 Å². The zero-order valence-electron chi connectivity index (χ0n) is 10.8. The minimum absolute atomic E-state index is 0.141. The molecule has 2 rings (SSSR count). The van der Waals surface area contributed by atoms with Crippen molar-refractivity contribution in [3.63, 3.8) is 0 Å². The molecule has 0 heterocycles. The van der Waals surface area contributed by atoms with E-state index in [0.717, 1.165) is 31.9 Å². The molecule has 0 aromatic heterocycles. The molecule has 0 aliphatic heterocycles. The highest BCUT2D eigenvalue weighted by Crippen LogP contribution is 2.31. The molecule has 2 nitrogen and oxygen atoms in total. The van der Waals surface area contributed by atoms with Gasteiger partial charge in [-0.15, -0.1) is 0 Å². The lowest BCUT2D eigenvalue weighted by Crippen LogP contribution is -2.31. The Bertz CT molecular complexity index is 449. The second-order valence-corrected chi connectivity index (χ2v) is 6.07. The summed E-state index contributed by atoms with van der Waals surface area (Å²) >= 11 is 3.26. The number of aliphatic hydroxyl groups is 1. The molecule has 1 aliphatic carbocycles. The molecular weight excluding hydrogens is 316 g/mol. The number of aliphatic hydroxyl groups excluding tert-OH is 1. The first-order valence-corrected chi connectivity index (χ1v) is 7.33. The van der Waals surface area contributed by atoms with Gasteiger partial charge in [-0.3, -0.25) is 0 Å². The van der Waals surface area contributed by atoms with Gasteiger partial charge in [-0.25, -0.2) is 8.78 Å². The van der Waals surface area contributed by atoms with E-state index in [1.54, 1.807) is 0 Å². The topological polar surface area (TPSA) is 32.3 Å². The molecule has 2 N–H and O–H groups in total. The van der Waals surface area contributed by atoms with Crippen LogP contribution in [0.25, 0.3) is 0 Å². The van der Waals surface area contributed by atoms with Crippen LogP contribution in [0.4, 0.5) is 8.78 Å². The van der Waals surface area contributed by atoms with Crippen molar-refractivity contribution in [1.82, 2.24) is 5.32 Å². The van der Waals surface area contributed by atoms with Gasteiger partial charge in [0.25, 0.3) is 0 Å². The average molecular weight is 334 g/mol. The fourth-order valence-corrected chi connectivity index (χ4v) is 3.13. The molecule has 19 heavy (non-hydrogen) atoms. The van der Waals surface area contributed by atoms with Crippen LogP contribution in [0, 0.1) is 17.6 Å². The van der Waals surface area contributed by atoms with Crippen molar-refractivity contribution in [2.75, 3.05) is 6.54 Å². The van der Waals surface area contributed by atoms with E-state index in [1.165, 1.54) is 6.07 Å². The Labute approximate surface area is 120 Å². The molecule has 1 fully saturated rings. The summed E-state index contributed by atoms with van der Waals surface area (Å²) in [5.41, 5.74) is 0.327. The fraction of sp³-hybridized carbons (Fsp3) is 0.571. The summed E-state index contributed by atoms with van der Waals surface area (Å²) in [7, 11) is 0. The van der Waals surface area contributed by atoms with Crippen LogP contribution >= 0.6 is 15.9 Å². The van der Waals surface area contributed by atoms with Crippen LogP contribution in [0.3, 0.4) is 0 Å². The number of hydrogen-bond donors (Lipinski definition) is 2. The Hall–Kier alpha value is -0.520. The highest BCUT2D eigenvalue weighted by atomic mass is 79.9. The lowest BCUT2D eigenvalue weighted by atomic mass is 9.80. The van der Waals surface area contributed by atoms with E-state index in [1.807, 2.05) is 6.92 Å². The van der Waals surface area contributed by atoms with Crippen molar-refractivity contribution in [2.45, 2.75) is 38.3 Å². The zero-order valence-corrected chi connectivity index (χ0v) is 12.4. The standard InChI is InChI=1S/C14H18BrF2NO/c1-8(18-5-4-9-6-10(19)7-9)13-11(15)2-3-12(16)14(13)17/h2-3,8-10,18-19H,4-7H2,1H3. The van der Waals surface area contributed by atoms with Crippen LogP contribution in [0.2, 0.25) is 0 Å². The molecule has 1 aliphatic rings. The van der Waals surface area contributed by atoms with Gasteiger partial charge in [0, 0.05) is 16.1 Å². The highest BCUT2D eigenvalue weighted by Gasteiger charge is 2.26. The summed E-state index contributed by atoms with van der Waals surface area (Å²) in [6, 6.07) is 2.38. The van der Waals surface area contributed by atoms with Gasteiger partial charge in [-0.05, 0) is 50.8 Å². The average Bonchev–Trinajstić information content (AvgIpc) is 2.32. The Morgan fingerprint density at radius 1 is 1.42 bits per heavy atom. The van der Waals surface area contributed by atoms with Crippen molar-refractivity contribution in [3.05, 3.63) is 33.8 Å². The van der Waals surface area contributed by atoms with Crippen LogP contribution in [0.5, 0.6) is 0 Å². The molecule has 0 radical (unpaired) electrons. The van der Waals surface area contributed by atoms with E-state index in [9.17, 15) is 13.9 Å². The molecule has 1 aromatic rings. The molecule has 1 saturated carbocycles. The number of rotatable bonds is 5. The second kappa shape index (κ2) is 6.29. The van der Waals surface area contributed by atoms with E-state index in [-0.39, 0.29) is 12.1 Å². The molecule has 0 amide bonds.